The van der Waals surface area contributed by atoms with E-state index in [1.165, 1.54) is 0 Å². The number of nitrogens with two attached hydrogens (primary N) is 1. The predicted octanol–water partition coefficient (Wildman–Crippen LogP) is 2.96. The van der Waals surface area contributed by atoms with Gasteiger partial charge < -0.3 is 20.5 Å². The third-order valence-electron chi connectivity index (χ3n) is 4.11. The van der Waals surface area contributed by atoms with Gasteiger partial charge in [0.05, 0.1) is 0 Å². The first-order valence-corrected chi connectivity index (χ1v) is 8.77. The molecule has 0 spiro atoms. The summed E-state index contributed by atoms with van der Waals surface area (Å²) in [4.78, 5) is 21.5. The standard InChI is InChI=1S/C21H22N4O3/c1-25(2)21-23-12-16(13-24-21)15-6-4-8-18(11-15)28-17-7-3-5-14(9-17)10-19(22)20(26)27/h3-9,11-13,19H,10,22H2,1-2H3,(H,26,27). The summed E-state index contributed by atoms with van der Waals surface area (Å²) in [5.41, 5.74) is 8.23. The van der Waals surface area contributed by atoms with Crippen LogP contribution in [0.3, 0.4) is 0 Å². The molecule has 0 aliphatic heterocycles. The van der Waals surface area contributed by atoms with Gasteiger partial charge in [-0.2, -0.15) is 0 Å². The molecule has 0 bridgehead atoms. The van der Waals surface area contributed by atoms with Gasteiger partial charge in [0.2, 0.25) is 5.95 Å². The maximum Gasteiger partial charge on any atom is 0.320 e. The second kappa shape index (κ2) is 8.49. The van der Waals surface area contributed by atoms with Crippen molar-refractivity contribution in [2.75, 3.05) is 19.0 Å². The van der Waals surface area contributed by atoms with E-state index in [9.17, 15) is 4.79 Å². The number of nitrogens with zero attached hydrogens (tertiary/aromatic N) is 3. The minimum absolute atomic E-state index is 0.238. The summed E-state index contributed by atoms with van der Waals surface area (Å²) in [6.07, 6.45) is 3.78. The Morgan fingerprint density at radius 1 is 1.07 bits per heavy atom. The Labute approximate surface area is 163 Å². The zero-order valence-electron chi connectivity index (χ0n) is 15.7. The van der Waals surface area contributed by atoms with E-state index >= 15 is 0 Å². The number of rotatable bonds is 7. The fourth-order valence-electron chi connectivity index (χ4n) is 2.65. The molecule has 28 heavy (non-hydrogen) atoms. The molecule has 0 saturated carbocycles. The number of hydrogen-bond acceptors (Lipinski definition) is 6. The van der Waals surface area contributed by atoms with Crippen molar-refractivity contribution in [2.45, 2.75) is 12.5 Å². The molecule has 7 heteroatoms. The van der Waals surface area contributed by atoms with Crippen molar-refractivity contribution in [3.05, 3.63) is 66.5 Å². The molecule has 0 radical (unpaired) electrons. The van der Waals surface area contributed by atoms with Crippen LogP contribution in [-0.4, -0.2) is 41.2 Å². The van der Waals surface area contributed by atoms with Crippen molar-refractivity contribution in [1.29, 1.82) is 0 Å². The SMILES string of the molecule is CN(C)c1ncc(-c2cccc(Oc3cccc(CC(N)C(=O)O)c3)c2)cn1. The zero-order valence-corrected chi connectivity index (χ0v) is 15.7. The molecule has 1 atom stereocenters. The number of carbonyl (C=O) groups is 1. The van der Waals surface area contributed by atoms with E-state index in [2.05, 4.69) is 9.97 Å². The number of carboxylic acid groups (broad SMARTS) is 1. The number of benzene rings is 2. The molecule has 3 N–H and O–H groups in total. The molecule has 3 rings (SSSR count). The minimum atomic E-state index is -1.03. The Kier molecular flexibility index (Phi) is 5.86. The van der Waals surface area contributed by atoms with Crippen molar-refractivity contribution in [3.8, 4) is 22.6 Å². The summed E-state index contributed by atoms with van der Waals surface area (Å²) in [6, 6.07) is 13.9. The van der Waals surface area contributed by atoms with Crippen LogP contribution in [0.4, 0.5) is 5.95 Å². The smallest absolute Gasteiger partial charge is 0.320 e. The fourth-order valence-corrected chi connectivity index (χ4v) is 2.65. The molecule has 144 valence electrons. The molecular weight excluding hydrogens is 356 g/mol. The first-order valence-electron chi connectivity index (χ1n) is 8.77. The highest BCUT2D eigenvalue weighted by atomic mass is 16.5. The lowest BCUT2D eigenvalue weighted by Crippen LogP contribution is -2.32. The highest BCUT2D eigenvalue weighted by Crippen LogP contribution is 2.27. The first-order chi connectivity index (χ1) is 13.4. The molecule has 1 unspecified atom stereocenters. The van der Waals surface area contributed by atoms with Gasteiger partial charge in [0.1, 0.15) is 17.5 Å². The predicted molar refractivity (Wildman–Crippen MR) is 108 cm³/mol. The molecule has 0 aliphatic rings. The van der Waals surface area contributed by atoms with Gasteiger partial charge in [-0.1, -0.05) is 24.3 Å². The molecule has 0 amide bonds. The summed E-state index contributed by atoms with van der Waals surface area (Å²) in [5.74, 6) is 0.898. The molecule has 1 heterocycles. The van der Waals surface area contributed by atoms with Crippen LogP contribution in [0.2, 0.25) is 0 Å². The topological polar surface area (TPSA) is 102 Å². The summed E-state index contributed by atoms with van der Waals surface area (Å²) in [7, 11) is 3.78. The molecule has 2 aromatic carbocycles. The Balaban J connectivity index is 1.77. The van der Waals surface area contributed by atoms with Crippen LogP contribution in [0, 0.1) is 0 Å². The average Bonchev–Trinajstić information content (AvgIpc) is 2.68. The third kappa shape index (κ3) is 4.83. The maximum absolute atomic E-state index is 10.9. The maximum atomic E-state index is 10.9. The number of ether oxygens (including phenoxy) is 1. The van der Waals surface area contributed by atoms with E-state index in [1.807, 2.05) is 61.5 Å². The van der Waals surface area contributed by atoms with E-state index in [1.54, 1.807) is 18.5 Å². The van der Waals surface area contributed by atoms with E-state index < -0.39 is 12.0 Å². The molecule has 0 fully saturated rings. The Bertz CT molecular complexity index is 958. The van der Waals surface area contributed by atoms with Crippen LogP contribution >= 0.6 is 0 Å². The fraction of sp³-hybridized carbons (Fsp3) is 0.190. The second-order valence-corrected chi connectivity index (χ2v) is 6.59. The Morgan fingerprint density at radius 3 is 2.36 bits per heavy atom. The number of anilines is 1. The molecule has 1 aromatic heterocycles. The van der Waals surface area contributed by atoms with E-state index in [4.69, 9.17) is 15.6 Å². The normalized spacial score (nSPS) is 11.7. The van der Waals surface area contributed by atoms with Gasteiger partial charge in [-0.25, -0.2) is 9.97 Å². The summed E-state index contributed by atoms with van der Waals surface area (Å²) in [6.45, 7) is 0. The van der Waals surface area contributed by atoms with E-state index in [0.717, 1.165) is 16.7 Å². The molecular formula is C21H22N4O3. The second-order valence-electron chi connectivity index (χ2n) is 6.59. The van der Waals surface area contributed by atoms with E-state index in [-0.39, 0.29) is 6.42 Å². The lowest BCUT2D eigenvalue weighted by molar-refractivity contribution is -0.138. The van der Waals surface area contributed by atoms with Gasteiger partial charge in [0, 0.05) is 32.1 Å². The van der Waals surface area contributed by atoms with Crippen molar-refractivity contribution in [2.24, 2.45) is 5.73 Å². The van der Waals surface area contributed by atoms with Crippen LogP contribution in [0.1, 0.15) is 5.56 Å². The molecule has 7 nitrogen and oxygen atoms in total. The Morgan fingerprint density at radius 2 is 1.71 bits per heavy atom. The first kappa shape index (κ1) is 19.3. The minimum Gasteiger partial charge on any atom is -0.480 e. The van der Waals surface area contributed by atoms with Gasteiger partial charge in [0.15, 0.2) is 0 Å². The Hall–Kier alpha value is -3.45. The van der Waals surface area contributed by atoms with Crippen molar-refractivity contribution >= 4 is 11.9 Å². The largest absolute Gasteiger partial charge is 0.480 e. The molecule has 0 saturated heterocycles. The summed E-state index contributed by atoms with van der Waals surface area (Å²) >= 11 is 0. The quantitative estimate of drug-likeness (QED) is 0.652. The number of aliphatic carboxylic acids is 1. The van der Waals surface area contributed by atoms with Gasteiger partial charge in [-0.15, -0.1) is 0 Å². The number of hydrogen-bond donors (Lipinski definition) is 2. The highest BCUT2D eigenvalue weighted by Gasteiger charge is 2.12. The number of carboxylic acids is 1. The molecule has 0 aliphatic carbocycles. The van der Waals surface area contributed by atoms with Crippen LogP contribution in [0.15, 0.2) is 60.9 Å². The summed E-state index contributed by atoms with van der Waals surface area (Å²) in [5, 5.41) is 8.96. The van der Waals surface area contributed by atoms with Crippen molar-refractivity contribution < 1.29 is 14.6 Å². The number of aromatic nitrogens is 2. The van der Waals surface area contributed by atoms with Crippen molar-refractivity contribution in [1.82, 2.24) is 9.97 Å². The summed E-state index contributed by atoms with van der Waals surface area (Å²) < 4.78 is 5.95. The lowest BCUT2D eigenvalue weighted by atomic mass is 10.1. The van der Waals surface area contributed by atoms with Crippen LogP contribution < -0.4 is 15.4 Å². The third-order valence-corrected chi connectivity index (χ3v) is 4.11. The lowest BCUT2D eigenvalue weighted by Gasteiger charge is -2.11. The van der Waals surface area contributed by atoms with Crippen LogP contribution in [0.25, 0.3) is 11.1 Å². The van der Waals surface area contributed by atoms with Gasteiger partial charge in [-0.05, 0) is 41.8 Å². The van der Waals surface area contributed by atoms with Crippen LogP contribution in [-0.2, 0) is 11.2 Å². The van der Waals surface area contributed by atoms with E-state index in [0.29, 0.717) is 17.4 Å². The highest BCUT2D eigenvalue weighted by molar-refractivity contribution is 5.73. The van der Waals surface area contributed by atoms with Crippen LogP contribution in [0.5, 0.6) is 11.5 Å². The van der Waals surface area contributed by atoms with Gasteiger partial charge >= 0.3 is 5.97 Å². The zero-order chi connectivity index (χ0) is 20.1. The van der Waals surface area contributed by atoms with Gasteiger partial charge in [-0.3, -0.25) is 4.79 Å². The molecule has 3 aromatic rings. The van der Waals surface area contributed by atoms with Gasteiger partial charge in [0.25, 0.3) is 0 Å². The average molecular weight is 378 g/mol. The van der Waals surface area contributed by atoms with Crippen molar-refractivity contribution in [3.63, 3.8) is 0 Å². The monoisotopic (exact) mass is 378 g/mol.